The largest absolute Gasteiger partial charge is 0.394 e. The minimum Gasteiger partial charge on any atom is -0.394 e. The van der Waals surface area contributed by atoms with Gasteiger partial charge in [-0.15, -0.1) is 0 Å². The Bertz CT molecular complexity index is 727. The Labute approximate surface area is 135 Å². The number of hydrogen-bond donors (Lipinski definition) is 0. The normalized spacial score (nSPS) is 17.5. The lowest BCUT2D eigenvalue weighted by Gasteiger charge is -2.12. The van der Waals surface area contributed by atoms with E-state index in [2.05, 4.69) is 0 Å². The fourth-order valence-electron chi connectivity index (χ4n) is 2.29. The molecule has 5 nitrogen and oxygen atoms in total. The Morgan fingerprint density at radius 2 is 2.05 bits per heavy atom. The highest BCUT2D eigenvalue weighted by Crippen LogP contribution is 2.32. The van der Waals surface area contributed by atoms with Crippen LogP contribution in [0.15, 0.2) is 40.5 Å². The molecule has 1 unspecified atom stereocenters. The summed E-state index contributed by atoms with van der Waals surface area (Å²) in [6, 6.07) is 6.17. The quantitative estimate of drug-likeness (QED) is 0.607. The zero-order chi connectivity index (χ0) is 16.5. The Morgan fingerprint density at radius 1 is 1.41 bits per heavy atom. The number of carbonyl (C=O) groups excluding carboxylic acids is 1. The summed E-state index contributed by atoms with van der Waals surface area (Å²) < 4.78 is 24.8. The molecule has 0 amide bonds. The minimum atomic E-state index is -3.50. The number of Topliss-reactive ketones (excluding diaryl/α,β-unsaturated/α-hetero) is 1. The average Bonchev–Trinajstić information content (AvgIpc) is 2.86. The van der Waals surface area contributed by atoms with Gasteiger partial charge < -0.3 is 4.84 Å². The molecule has 0 saturated heterocycles. The first-order chi connectivity index (χ1) is 10.3. The van der Waals surface area contributed by atoms with E-state index in [-0.39, 0.29) is 28.7 Å². The van der Waals surface area contributed by atoms with Crippen LogP contribution in [0.2, 0.25) is 0 Å². The summed E-state index contributed by atoms with van der Waals surface area (Å²) in [5.74, 6) is 0.165. The first-order valence-corrected chi connectivity index (χ1v) is 9.16. The Morgan fingerprint density at radius 3 is 2.64 bits per heavy atom. The van der Waals surface area contributed by atoms with E-state index in [0.29, 0.717) is 11.3 Å². The summed E-state index contributed by atoms with van der Waals surface area (Å²) >= 11 is 5.86. The smallest absolute Gasteiger partial charge is 0.195 e. The van der Waals surface area contributed by atoms with Crippen molar-refractivity contribution in [1.29, 1.82) is 0 Å². The van der Waals surface area contributed by atoms with Crippen molar-refractivity contribution in [3.05, 3.63) is 41.2 Å². The standard InChI is InChI=1S/C15H18ClNO4S/c1-4-10(2)15-12(9-17(16)21-15)14(18)11-7-5-6-8-13(11)22(3,19)20/h5-8,10H,4,9H2,1-3H3. The van der Waals surface area contributed by atoms with Gasteiger partial charge in [-0.3, -0.25) is 4.79 Å². The molecule has 0 radical (unpaired) electrons. The minimum absolute atomic E-state index is 0.0176. The van der Waals surface area contributed by atoms with Crippen LogP contribution in [0.5, 0.6) is 0 Å². The van der Waals surface area contributed by atoms with Crippen molar-refractivity contribution in [2.45, 2.75) is 25.2 Å². The molecule has 0 saturated carbocycles. The van der Waals surface area contributed by atoms with E-state index in [4.69, 9.17) is 16.6 Å². The number of ketones is 1. The van der Waals surface area contributed by atoms with Gasteiger partial charge in [0.15, 0.2) is 15.6 Å². The molecule has 22 heavy (non-hydrogen) atoms. The van der Waals surface area contributed by atoms with Crippen LogP contribution < -0.4 is 0 Å². The molecule has 2 rings (SSSR count). The number of hydrogen-bond acceptors (Lipinski definition) is 5. The van der Waals surface area contributed by atoms with E-state index in [0.717, 1.165) is 17.3 Å². The van der Waals surface area contributed by atoms with Crippen molar-refractivity contribution >= 4 is 27.4 Å². The van der Waals surface area contributed by atoms with Crippen LogP contribution in [-0.2, 0) is 14.7 Å². The molecule has 1 aromatic rings. The molecule has 1 aliphatic heterocycles. The fourth-order valence-corrected chi connectivity index (χ4v) is 3.37. The average molecular weight is 344 g/mol. The summed E-state index contributed by atoms with van der Waals surface area (Å²) in [6.45, 7) is 4.03. The lowest BCUT2D eigenvalue weighted by Crippen LogP contribution is -2.14. The van der Waals surface area contributed by atoms with Crippen LogP contribution in [0.4, 0.5) is 0 Å². The number of allylic oxidation sites excluding steroid dienone is 1. The molecule has 1 heterocycles. The molecular formula is C15H18ClNO4S. The number of carbonyl (C=O) groups is 1. The second kappa shape index (κ2) is 6.40. The van der Waals surface area contributed by atoms with Crippen LogP contribution in [0.25, 0.3) is 0 Å². The first-order valence-electron chi connectivity index (χ1n) is 6.93. The number of halogens is 1. The summed E-state index contributed by atoms with van der Waals surface area (Å²) in [6.07, 6.45) is 1.87. The molecule has 0 fully saturated rings. The van der Waals surface area contributed by atoms with Gasteiger partial charge in [-0.25, -0.2) is 8.42 Å². The number of hydroxylamine groups is 1. The maximum absolute atomic E-state index is 12.8. The molecule has 1 aromatic carbocycles. The van der Waals surface area contributed by atoms with Gasteiger partial charge in [0, 0.05) is 29.5 Å². The third-order valence-corrected chi connectivity index (χ3v) is 4.99. The molecule has 0 spiro atoms. The SMILES string of the molecule is CCC(C)C1=C(C(=O)c2ccccc2S(C)(=O)=O)CN(Cl)O1. The Kier molecular flexibility index (Phi) is 4.94. The van der Waals surface area contributed by atoms with Gasteiger partial charge in [-0.05, 0) is 23.1 Å². The highest BCUT2D eigenvalue weighted by atomic mass is 35.5. The second-order valence-corrected chi connectivity index (χ2v) is 7.68. The van der Waals surface area contributed by atoms with Crippen molar-refractivity contribution < 1.29 is 18.0 Å². The summed E-state index contributed by atoms with van der Waals surface area (Å²) in [4.78, 5) is 18.2. The molecule has 0 aliphatic carbocycles. The van der Waals surface area contributed by atoms with Crippen molar-refractivity contribution in [2.24, 2.45) is 5.92 Å². The van der Waals surface area contributed by atoms with Gasteiger partial charge >= 0.3 is 0 Å². The van der Waals surface area contributed by atoms with Crippen LogP contribution in [-0.4, -0.2) is 31.6 Å². The van der Waals surface area contributed by atoms with Crippen molar-refractivity contribution in [1.82, 2.24) is 4.58 Å². The number of rotatable bonds is 5. The van der Waals surface area contributed by atoms with Crippen LogP contribution in [0.1, 0.15) is 30.6 Å². The second-order valence-electron chi connectivity index (χ2n) is 5.32. The van der Waals surface area contributed by atoms with Gasteiger partial charge in [0.1, 0.15) is 5.76 Å². The van der Waals surface area contributed by atoms with E-state index in [1.807, 2.05) is 13.8 Å². The third kappa shape index (κ3) is 3.34. The van der Waals surface area contributed by atoms with Crippen molar-refractivity contribution in [3.8, 4) is 0 Å². The third-order valence-electron chi connectivity index (χ3n) is 3.64. The van der Waals surface area contributed by atoms with Crippen LogP contribution in [0, 0.1) is 5.92 Å². The van der Waals surface area contributed by atoms with E-state index in [1.54, 1.807) is 12.1 Å². The monoisotopic (exact) mass is 343 g/mol. The molecule has 0 aromatic heterocycles. The zero-order valence-corrected chi connectivity index (χ0v) is 14.2. The number of sulfone groups is 1. The van der Waals surface area contributed by atoms with Gasteiger partial charge in [0.2, 0.25) is 0 Å². The fraction of sp³-hybridized carbons (Fsp3) is 0.400. The van der Waals surface area contributed by atoms with Gasteiger partial charge in [-0.2, -0.15) is 0 Å². The summed E-state index contributed by atoms with van der Waals surface area (Å²) in [5, 5.41) is 0. The predicted molar refractivity (Wildman–Crippen MR) is 84.0 cm³/mol. The molecule has 7 heteroatoms. The molecule has 0 N–H and O–H groups in total. The lowest BCUT2D eigenvalue weighted by atomic mass is 9.96. The summed E-state index contributed by atoms with van der Waals surface area (Å²) in [7, 11) is -3.50. The molecule has 0 bridgehead atoms. The van der Waals surface area contributed by atoms with E-state index < -0.39 is 9.84 Å². The van der Waals surface area contributed by atoms with Gasteiger partial charge in [-0.1, -0.05) is 26.0 Å². The van der Waals surface area contributed by atoms with E-state index in [1.165, 1.54) is 12.1 Å². The molecule has 1 atom stereocenters. The Balaban J connectivity index is 2.53. The van der Waals surface area contributed by atoms with Crippen LogP contribution >= 0.6 is 11.8 Å². The Hall–Kier alpha value is -1.37. The van der Waals surface area contributed by atoms with Gasteiger partial charge in [0.25, 0.3) is 0 Å². The predicted octanol–water partition coefficient (Wildman–Crippen LogP) is 2.97. The number of nitrogens with zero attached hydrogens (tertiary/aromatic N) is 1. The van der Waals surface area contributed by atoms with Gasteiger partial charge in [0.05, 0.1) is 17.0 Å². The topological polar surface area (TPSA) is 63.7 Å². The van der Waals surface area contributed by atoms with Crippen molar-refractivity contribution in [3.63, 3.8) is 0 Å². The zero-order valence-electron chi connectivity index (χ0n) is 12.7. The van der Waals surface area contributed by atoms with Crippen LogP contribution in [0.3, 0.4) is 0 Å². The highest BCUT2D eigenvalue weighted by Gasteiger charge is 2.33. The molecule has 1 aliphatic rings. The maximum Gasteiger partial charge on any atom is 0.195 e. The highest BCUT2D eigenvalue weighted by molar-refractivity contribution is 7.90. The first kappa shape index (κ1) is 17.0. The molecular weight excluding hydrogens is 326 g/mol. The van der Waals surface area contributed by atoms with E-state index >= 15 is 0 Å². The maximum atomic E-state index is 12.8. The number of benzene rings is 1. The van der Waals surface area contributed by atoms with E-state index in [9.17, 15) is 13.2 Å². The van der Waals surface area contributed by atoms with Crippen molar-refractivity contribution in [2.75, 3.05) is 12.8 Å². The summed E-state index contributed by atoms with van der Waals surface area (Å²) in [5.41, 5.74) is 0.553. The molecule has 120 valence electrons. The lowest BCUT2D eigenvalue weighted by molar-refractivity contribution is -0.0154.